The average molecular weight is 369 g/mol. The van der Waals surface area contributed by atoms with Crippen LogP contribution in [0.25, 0.3) is 0 Å². The van der Waals surface area contributed by atoms with E-state index in [1.165, 1.54) is 27.5 Å². The van der Waals surface area contributed by atoms with Gasteiger partial charge in [0.25, 0.3) is 5.91 Å². The molecule has 0 spiro atoms. The SMILES string of the molecule is COc1cc(/C=N/NC(=O)COc2ccc(C#N)cc2)cc(OC)c1OC. The third-order valence-corrected chi connectivity index (χ3v) is 3.44. The highest BCUT2D eigenvalue weighted by molar-refractivity contribution is 5.84. The number of methoxy groups -OCH3 is 3. The first-order valence-electron chi connectivity index (χ1n) is 7.86. The van der Waals surface area contributed by atoms with Crippen molar-refractivity contribution >= 4 is 12.1 Å². The van der Waals surface area contributed by atoms with Crippen LogP contribution in [0.1, 0.15) is 11.1 Å². The molecule has 2 aromatic carbocycles. The molecule has 0 aromatic heterocycles. The Hall–Kier alpha value is -3.73. The number of carbonyl (C=O) groups is 1. The number of carbonyl (C=O) groups excluding carboxylic acids is 1. The summed E-state index contributed by atoms with van der Waals surface area (Å²) in [7, 11) is 4.54. The van der Waals surface area contributed by atoms with E-state index in [-0.39, 0.29) is 6.61 Å². The molecule has 0 aliphatic heterocycles. The van der Waals surface area contributed by atoms with Gasteiger partial charge in [-0.3, -0.25) is 4.79 Å². The summed E-state index contributed by atoms with van der Waals surface area (Å²) >= 11 is 0. The number of rotatable bonds is 8. The molecule has 8 nitrogen and oxygen atoms in total. The van der Waals surface area contributed by atoms with Gasteiger partial charge >= 0.3 is 0 Å². The lowest BCUT2D eigenvalue weighted by Crippen LogP contribution is -2.24. The van der Waals surface area contributed by atoms with Crippen LogP contribution in [-0.2, 0) is 4.79 Å². The fourth-order valence-corrected chi connectivity index (χ4v) is 2.16. The summed E-state index contributed by atoms with van der Waals surface area (Å²) < 4.78 is 21.1. The summed E-state index contributed by atoms with van der Waals surface area (Å²) in [6, 6.07) is 11.8. The fourth-order valence-electron chi connectivity index (χ4n) is 2.16. The molecule has 0 unspecified atom stereocenters. The molecule has 0 aliphatic rings. The van der Waals surface area contributed by atoms with Crippen LogP contribution in [0.2, 0.25) is 0 Å². The van der Waals surface area contributed by atoms with Gasteiger partial charge in [0.1, 0.15) is 5.75 Å². The third-order valence-electron chi connectivity index (χ3n) is 3.44. The summed E-state index contributed by atoms with van der Waals surface area (Å²) in [6.07, 6.45) is 1.45. The Morgan fingerprint density at radius 2 is 1.74 bits per heavy atom. The predicted octanol–water partition coefficient (Wildman–Crippen LogP) is 2.11. The molecule has 1 amide bonds. The van der Waals surface area contributed by atoms with Crippen molar-refractivity contribution in [1.29, 1.82) is 5.26 Å². The van der Waals surface area contributed by atoms with Gasteiger partial charge in [-0.05, 0) is 36.4 Å². The second-order valence-electron chi connectivity index (χ2n) is 5.18. The van der Waals surface area contributed by atoms with E-state index < -0.39 is 5.91 Å². The van der Waals surface area contributed by atoms with Crippen LogP contribution in [0.4, 0.5) is 0 Å². The number of hydrazone groups is 1. The Bertz CT molecular complexity index is 832. The molecule has 1 N–H and O–H groups in total. The minimum absolute atomic E-state index is 0.210. The molecule has 2 rings (SSSR count). The normalized spacial score (nSPS) is 10.1. The third kappa shape index (κ3) is 5.37. The summed E-state index contributed by atoms with van der Waals surface area (Å²) in [5.74, 6) is 1.49. The van der Waals surface area contributed by atoms with E-state index in [1.807, 2.05) is 6.07 Å². The van der Waals surface area contributed by atoms with Crippen molar-refractivity contribution in [3.05, 3.63) is 47.5 Å². The van der Waals surface area contributed by atoms with Gasteiger partial charge in [-0.25, -0.2) is 5.43 Å². The van der Waals surface area contributed by atoms with Crippen molar-refractivity contribution in [3.8, 4) is 29.1 Å². The van der Waals surface area contributed by atoms with Crippen LogP contribution in [0.3, 0.4) is 0 Å². The Balaban J connectivity index is 1.94. The van der Waals surface area contributed by atoms with E-state index >= 15 is 0 Å². The van der Waals surface area contributed by atoms with Crippen molar-refractivity contribution in [2.45, 2.75) is 0 Å². The number of amides is 1. The maximum absolute atomic E-state index is 11.8. The molecule has 0 bridgehead atoms. The minimum Gasteiger partial charge on any atom is -0.493 e. The lowest BCUT2D eigenvalue weighted by molar-refractivity contribution is -0.123. The molecule has 2 aromatic rings. The monoisotopic (exact) mass is 369 g/mol. The van der Waals surface area contributed by atoms with Gasteiger partial charge in [-0.1, -0.05) is 0 Å². The van der Waals surface area contributed by atoms with Crippen molar-refractivity contribution in [3.63, 3.8) is 0 Å². The molecule has 0 fully saturated rings. The van der Waals surface area contributed by atoms with Gasteiger partial charge in [-0.2, -0.15) is 10.4 Å². The Morgan fingerprint density at radius 3 is 2.26 bits per heavy atom. The van der Waals surface area contributed by atoms with Crippen LogP contribution in [-0.4, -0.2) is 40.1 Å². The van der Waals surface area contributed by atoms with Crippen molar-refractivity contribution < 1.29 is 23.7 Å². The first-order valence-corrected chi connectivity index (χ1v) is 7.86. The van der Waals surface area contributed by atoms with E-state index in [9.17, 15) is 4.79 Å². The van der Waals surface area contributed by atoms with Gasteiger partial charge in [0.05, 0.1) is 39.2 Å². The minimum atomic E-state index is -0.428. The van der Waals surface area contributed by atoms with Crippen LogP contribution in [0.15, 0.2) is 41.5 Å². The standard InChI is InChI=1S/C19H19N3O5/c1-24-16-8-14(9-17(25-2)19(16)26-3)11-21-22-18(23)12-27-15-6-4-13(10-20)5-7-15/h4-9,11H,12H2,1-3H3,(H,22,23)/b21-11+. The predicted molar refractivity (Wildman–Crippen MR) is 98.5 cm³/mol. The average Bonchev–Trinajstić information content (AvgIpc) is 2.71. The lowest BCUT2D eigenvalue weighted by atomic mass is 10.2. The number of ether oxygens (including phenoxy) is 4. The Kier molecular flexibility index (Phi) is 7.02. The van der Waals surface area contributed by atoms with Crippen molar-refractivity contribution in [1.82, 2.24) is 5.43 Å². The molecular formula is C19H19N3O5. The van der Waals surface area contributed by atoms with E-state index in [0.717, 1.165) is 0 Å². The number of hydrogen-bond acceptors (Lipinski definition) is 7. The van der Waals surface area contributed by atoms with Crippen LogP contribution >= 0.6 is 0 Å². The number of hydrogen-bond donors (Lipinski definition) is 1. The highest BCUT2D eigenvalue weighted by atomic mass is 16.5. The highest BCUT2D eigenvalue weighted by Crippen LogP contribution is 2.37. The number of nitrogens with one attached hydrogen (secondary N) is 1. The number of nitrogens with zero attached hydrogens (tertiary/aromatic N) is 2. The molecule has 0 saturated heterocycles. The summed E-state index contributed by atoms with van der Waals surface area (Å²) in [4.78, 5) is 11.8. The van der Waals surface area contributed by atoms with Gasteiger partial charge in [-0.15, -0.1) is 0 Å². The first-order chi connectivity index (χ1) is 13.1. The summed E-state index contributed by atoms with van der Waals surface area (Å²) in [6.45, 7) is -0.210. The second-order valence-corrected chi connectivity index (χ2v) is 5.18. The maximum Gasteiger partial charge on any atom is 0.277 e. The summed E-state index contributed by atoms with van der Waals surface area (Å²) in [5, 5.41) is 12.6. The maximum atomic E-state index is 11.8. The molecule has 8 heteroatoms. The number of nitriles is 1. The van der Waals surface area contributed by atoms with Crippen LogP contribution < -0.4 is 24.4 Å². The fraction of sp³-hybridized carbons (Fsp3) is 0.211. The second kappa shape index (κ2) is 9.68. The van der Waals surface area contributed by atoms with E-state index in [4.69, 9.17) is 24.2 Å². The molecule has 0 heterocycles. The quantitative estimate of drug-likeness (QED) is 0.565. The molecule has 0 saturated carbocycles. The zero-order valence-corrected chi connectivity index (χ0v) is 15.2. The first kappa shape index (κ1) is 19.6. The topological polar surface area (TPSA) is 102 Å². The smallest absolute Gasteiger partial charge is 0.277 e. The molecular weight excluding hydrogens is 350 g/mol. The van der Waals surface area contributed by atoms with Gasteiger partial charge in [0, 0.05) is 5.56 Å². The van der Waals surface area contributed by atoms with Gasteiger partial charge < -0.3 is 18.9 Å². The summed E-state index contributed by atoms with van der Waals surface area (Å²) in [5.41, 5.74) is 3.53. The Labute approximate surface area is 156 Å². The molecule has 140 valence electrons. The molecule has 0 aliphatic carbocycles. The lowest BCUT2D eigenvalue weighted by Gasteiger charge is -2.12. The molecule has 27 heavy (non-hydrogen) atoms. The van der Waals surface area contributed by atoms with Gasteiger partial charge in [0.2, 0.25) is 5.75 Å². The molecule has 0 radical (unpaired) electrons. The van der Waals surface area contributed by atoms with Gasteiger partial charge in [0.15, 0.2) is 18.1 Å². The van der Waals surface area contributed by atoms with E-state index in [2.05, 4.69) is 10.5 Å². The van der Waals surface area contributed by atoms with Crippen molar-refractivity contribution in [2.24, 2.45) is 5.10 Å². The zero-order valence-electron chi connectivity index (χ0n) is 15.2. The van der Waals surface area contributed by atoms with Crippen LogP contribution in [0.5, 0.6) is 23.0 Å². The largest absolute Gasteiger partial charge is 0.493 e. The van der Waals surface area contributed by atoms with Crippen molar-refractivity contribution in [2.75, 3.05) is 27.9 Å². The van der Waals surface area contributed by atoms with E-state index in [1.54, 1.807) is 36.4 Å². The molecule has 0 atom stereocenters. The zero-order chi connectivity index (χ0) is 19.6. The number of benzene rings is 2. The van der Waals surface area contributed by atoms with Crippen LogP contribution in [0, 0.1) is 11.3 Å². The van der Waals surface area contributed by atoms with E-state index in [0.29, 0.717) is 34.1 Å². The highest BCUT2D eigenvalue weighted by Gasteiger charge is 2.12. The Morgan fingerprint density at radius 1 is 1.11 bits per heavy atom.